The molecule has 3 aromatic rings. The summed E-state index contributed by atoms with van der Waals surface area (Å²) in [6.07, 6.45) is 4.67. The predicted molar refractivity (Wildman–Crippen MR) is 99.1 cm³/mol. The lowest BCUT2D eigenvalue weighted by Crippen LogP contribution is -2.24. The summed E-state index contributed by atoms with van der Waals surface area (Å²) in [5.41, 5.74) is 3.92. The topological polar surface area (TPSA) is 34.0 Å². The molecule has 124 valence electrons. The number of fused-ring (bicyclic) bond motifs is 1. The average Bonchev–Trinajstić information content (AvgIpc) is 2.99. The molecule has 0 aliphatic heterocycles. The Kier molecular flexibility index (Phi) is 5.32. The highest BCUT2D eigenvalue weighted by Crippen LogP contribution is 2.22. The molecule has 3 heteroatoms. The van der Waals surface area contributed by atoms with E-state index in [1.165, 1.54) is 22.0 Å². The van der Waals surface area contributed by atoms with E-state index >= 15 is 0 Å². The fourth-order valence-electron chi connectivity index (χ4n) is 3.06. The number of carbonyl (C=O) groups is 1. The number of nitrogens with zero attached hydrogens (tertiary/aromatic N) is 1. The van der Waals surface area contributed by atoms with Crippen molar-refractivity contribution in [1.29, 1.82) is 0 Å². The summed E-state index contributed by atoms with van der Waals surface area (Å²) in [4.78, 5) is 11.4. The number of aryl methyl sites for hydroxylation is 2. The summed E-state index contributed by atoms with van der Waals surface area (Å²) >= 11 is 0. The Labute approximate surface area is 143 Å². The van der Waals surface area contributed by atoms with Gasteiger partial charge < -0.3 is 9.88 Å². The summed E-state index contributed by atoms with van der Waals surface area (Å²) in [6.45, 7) is 3.54. The zero-order valence-corrected chi connectivity index (χ0v) is 14.2. The predicted octanol–water partition coefficient (Wildman–Crippen LogP) is 3.95. The van der Waals surface area contributed by atoms with Crippen molar-refractivity contribution in [3.8, 4) is 0 Å². The monoisotopic (exact) mass is 320 g/mol. The van der Waals surface area contributed by atoms with Gasteiger partial charge in [-0.15, -0.1) is 0 Å². The number of carbonyl (C=O) groups excluding carboxylic acids is 1. The van der Waals surface area contributed by atoms with Crippen molar-refractivity contribution in [2.45, 2.75) is 32.7 Å². The van der Waals surface area contributed by atoms with Gasteiger partial charge in [0.05, 0.1) is 0 Å². The van der Waals surface area contributed by atoms with Crippen LogP contribution < -0.4 is 5.32 Å². The maximum atomic E-state index is 11.4. The van der Waals surface area contributed by atoms with Gasteiger partial charge in [0.15, 0.2) is 0 Å². The first-order valence-corrected chi connectivity index (χ1v) is 8.65. The first-order chi connectivity index (χ1) is 11.8. The van der Waals surface area contributed by atoms with Crippen LogP contribution in [0, 0.1) is 0 Å². The number of benzene rings is 2. The lowest BCUT2D eigenvalue weighted by molar-refractivity contribution is -0.120. The third-order valence-electron chi connectivity index (χ3n) is 4.39. The van der Waals surface area contributed by atoms with Gasteiger partial charge in [-0.25, -0.2) is 0 Å². The van der Waals surface area contributed by atoms with Gasteiger partial charge in [-0.3, -0.25) is 4.79 Å². The minimum Gasteiger partial charge on any atom is -0.356 e. The summed E-state index contributed by atoms with van der Waals surface area (Å²) < 4.78 is 2.33. The number of hydrogen-bond donors (Lipinski definition) is 1. The van der Waals surface area contributed by atoms with E-state index in [1.54, 1.807) is 0 Å². The molecule has 1 amide bonds. The van der Waals surface area contributed by atoms with Gasteiger partial charge >= 0.3 is 0 Å². The van der Waals surface area contributed by atoms with Crippen molar-refractivity contribution in [1.82, 2.24) is 9.88 Å². The fourth-order valence-corrected chi connectivity index (χ4v) is 3.06. The second kappa shape index (κ2) is 7.82. The van der Waals surface area contributed by atoms with Crippen molar-refractivity contribution in [3.05, 3.63) is 71.9 Å². The molecule has 0 fully saturated rings. The van der Waals surface area contributed by atoms with Crippen LogP contribution in [0.25, 0.3) is 10.9 Å². The summed E-state index contributed by atoms with van der Waals surface area (Å²) in [5.74, 6) is 0.114. The summed E-state index contributed by atoms with van der Waals surface area (Å²) in [5, 5.41) is 4.25. The molecule has 0 aliphatic carbocycles. The van der Waals surface area contributed by atoms with E-state index < -0.39 is 0 Å². The van der Waals surface area contributed by atoms with Crippen molar-refractivity contribution in [3.63, 3.8) is 0 Å². The molecule has 0 unspecified atom stereocenters. The van der Waals surface area contributed by atoms with Crippen molar-refractivity contribution in [2.24, 2.45) is 0 Å². The highest BCUT2D eigenvalue weighted by molar-refractivity contribution is 5.84. The molecule has 0 radical (unpaired) electrons. The zero-order chi connectivity index (χ0) is 16.8. The van der Waals surface area contributed by atoms with Crippen LogP contribution >= 0.6 is 0 Å². The van der Waals surface area contributed by atoms with E-state index in [1.807, 2.05) is 6.92 Å². The lowest BCUT2D eigenvalue weighted by Gasteiger charge is -2.05. The van der Waals surface area contributed by atoms with Crippen LogP contribution in [0.4, 0.5) is 0 Å². The Morgan fingerprint density at radius 3 is 2.54 bits per heavy atom. The molecule has 3 nitrogen and oxygen atoms in total. The van der Waals surface area contributed by atoms with Crippen LogP contribution in [0.2, 0.25) is 0 Å². The molecule has 0 aliphatic rings. The van der Waals surface area contributed by atoms with Gasteiger partial charge in [0.2, 0.25) is 5.91 Å². The Morgan fingerprint density at radius 2 is 1.75 bits per heavy atom. The number of amides is 1. The van der Waals surface area contributed by atoms with Gasteiger partial charge in [0.1, 0.15) is 0 Å². The zero-order valence-electron chi connectivity index (χ0n) is 14.2. The molecule has 2 aromatic carbocycles. The molecule has 0 bridgehead atoms. The molecule has 1 N–H and O–H groups in total. The maximum Gasteiger partial charge on any atom is 0.219 e. The van der Waals surface area contributed by atoms with Crippen LogP contribution in [-0.4, -0.2) is 17.0 Å². The Hall–Kier alpha value is -2.55. The Bertz CT molecular complexity index is 805. The lowest BCUT2D eigenvalue weighted by atomic mass is 10.1. The Balaban J connectivity index is 1.74. The van der Waals surface area contributed by atoms with E-state index in [0.717, 1.165) is 19.4 Å². The smallest absolute Gasteiger partial charge is 0.219 e. The number of aromatic nitrogens is 1. The molecule has 0 spiro atoms. The molecule has 1 aromatic heterocycles. The number of rotatable bonds is 7. The van der Waals surface area contributed by atoms with Gasteiger partial charge in [-0.2, -0.15) is 0 Å². The van der Waals surface area contributed by atoms with Crippen LogP contribution in [-0.2, 0) is 24.2 Å². The van der Waals surface area contributed by atoms with E-state index in [2.05, 4.69) is 70.7 Å². The van der Waals surface area contributed by atoms with Gasteiger partial charge in [-0.05, 0) is 30.0 Å². The van der Waals surface area contributed by atoms with E-state index in [-0.39, 0.29) is 5.91 Å². The molecule has 1 heterocycles. The van der Waals surface area contributed by atoms with Crippen molar-refractivity contribution < 1.29 is 4.79 Å². The third kappa shape index (κ3) is 3.85. The molecule has 24 heavy (non-hydrogen) atoms. The minimum absolute atomic E-state index is 0.114. The van der Waals surface area contributed by atoms with Gasteiger partial charge in [0.25, 0.3) is 0 Å². The number of hydrogen-bond acceptors (Lipinski definition) is 1. The maximum absolute atomic E-state index is 11.4. The van der Waals surface area contributed by atoms with Crippen LogP contribution in [0.15, 0.2) is 60.8 Å². The van der Waals surface area contributed by atoms with Crippen molar-refractivity contribution >= 4 is 16.8 Å². The number of nitrogens with one attached hydrogen (secondary N) is 1. The first kappa shape index (κ1) is 16.3. The van der Waals surface area contributed by atoms with E-state index in [4.69, 9.17) is 0 Å². The highest BCUT2D eigenvalue weighted by Gasteiger charge is 2.08. The SMILES string of the molecule is CCC(=O)NCCc1cn(CCc2ccccc2)c2ccccc12. The molecule has 0 atom stereocenters. The van der Waals surface area contributed by atoms with Gasteiger partial charge in [-0.1, -0.05) is 55.5 Å². The van der Waals surface area contributed by atoms with Crippen LogP contribution in [0.1, 0.15) is 24.5 Å². The average molecular weight is 320 g/mol. The fraction of sp³-hybridized carbons (Fsp3) is 0.286. The van der Waals surface area contributed by atoms with Gasteiger partial charge in [0, 0.05) is 36.6 Å². The molecular weight excluding hydrogens is 296 g/mol. The summed E-state index contributed by atoms with van der Waals surface area (Å²) in [7, 11) is 0. The third-order valence-corrected chi connectivity index (χ3v) is 4.39. The Morgan fingerprint density at radius 1 is 1.00 bits per heavy atom. The molecule has 0 saturated heterocycles. The van der Waals surface area contributed by atoms with E-state index in [9.17, 15) is 4.79 Å². The molecule has 3 rings (SSSR count). The van der Waals surface area contributed by atoms with Crippen LogP contribution in [0.3, 0.4) is 0 Å². The molecule has 0 saturated carbocycles. The highest BCUT2D eigenvalue weighted by atomic mass is 16.1. The summed E-state index contributed by atoms with van der Waals surface area (Å²) in [6, 6.07) is 19.1. The number of para-hydroxylation sites is 1. The normalized spacial score (nSPS) is 10.9. The van der Waals surface area contributed by atoms with E-state index in [0.29, 0.717) is 13.0 Å². The largest absolute Gasteiger partial charge is 0.356 e. The minimum atomic E-state index is 0.114. The quantitative estimate of drug-likeness (QED) is 0.702. The standard InChI is InChI=1S/C21H24N2O/c1-2-21(24)22-14-12-18-16-23(20-11-7-6-10-19(18)20)15-13-17-8-4-3-5-9-17/h3-11,16H,2,12-15H2,1H3,(H,22,24). The molecular formula is C21H24N2O. The first-order valence-electron chi connectivity index (χ1n) is 8.65. The van der Waals surface area contributed by atoms with Crippen molar-refractivity contribution in [2.75, 3.05) is 6.54 Å². The van der Waals surface area contributed by atoms with Crippen LogP contribution in [0.5, 0.6) is 0 Å². The second-order valence-corrected chi connectivity index (χ2v) is 6.05. The second-order valence-electron chi connectivity index (χ2n) is 6.05.